The van der Waals surface area contributed by atoms with E-state index in [1.54, 1.807) is 6.26 Å². The zero-order chi connectivity index (χ0) is 18.5. The van der Waals surface area contributed by atoms with Crippen LogP contribution in [0.3, 0.4) is 0 Å². The molecule has 1 saturated carbocycles. The molecule has 7 nitrogen and oxygen atoms in total. The van der Waals surface area contributed by atoms with Crippen molar-refractivity contribution in [1.29, 1.82) is 0 Å². The summed E-state index contributed by atoms with van der Waals surface area (Å²) in [4.78, 5) is 12.6. The highest BCUT2D eigenvalue weighted by atomic mass is 32.2. The molecule has 8 heteroatoms. The fourth-order valence-corrected chi connectivity index (χ4v) is 4.17. The van der Waals surface area contributed by atoms with Gasteiger partial charge in [0, 0.05) is 0 Å². The van der Waals surface area contributed by atoms with E-state index >= 15 is 0 Å². The molecular formula is C19H21N5O2S. The summed E-state index contributed by atoms with van der Waals surface area (Å²) in [5.41, 5.74) is 0.974. The molecule has 1 aliphatic carbocycles. The maximum Gasteiger partial charge on any atom is 0.231 e. The average Bonchev–Trinajstić information content (AvgIpc) is 3.47. The lowest BCUT2D eigenvalue weighted by Gasteiger charge is -2.17. The Morgan fingerprint density at radius 2 is 2.04 bits per heavy atom. The van der Waals surface area contributed by atoms with Crippen LogP contribution in [0.4, 0.5) is 0 Å². The smallest absolute Gasteiger partial charge is 0.231 e. The number of tetrazole rings is 1. The summed E-state index contributed by atoms with van der Waals surface area (Å²) in [6, 6.07) is 13.5. The van der Waals surface area contributed by atoms with E-state index in [2.05, 4.69) is 20.8 Å². The summed E-state index contributed by atoms with van der Waals surface area (Å²) in [6.07, 6.45) is 6.22. The minimum atomic E-state index is -0.319. The van der Waals surface area contributed by atoms with Gasteiger partial charge < -0.3 is 9.73 Å². The zero-order valence-electron chi connectivity index (χ0n) is 14.8. The van der Waals surface area contributed by atoms with Crippen LogP contribution in [-0.2, 0) is 4.79 Å². The summed E-state index contributed by atoms with van der Waals surface area (Å²) in [6.45, 7) is 0. The van der Waals surface area contributed by atoms with E-state index in [1.165, 1.54) is 24.6 Å². The van der Waals surface area contributed by atoms with Crippen molar-refractivity contribution in [3.05, 3.63) is 60.1 Å². The molecule has 1 aliphatic rings. The maximum atomic E-state index is 12.6. The number of furan rings is 1. The lowest BCUT2D eigenvalue weighted by molar-refractivity contribution is -0.119. The summed E-state index contributed by atoms with van der Waals surface area (Å²) in [7, 11) is 0. The van der Waals surface area contributed by atoms with Crippen molar-refractivity contribution in [3.8, 4) is 0 Å². The highest BCUT2D eigenvalue weighted by Crippen LogP contribution is 2.31. The summed E-state index contributed by atoms with van der Waals surface area (Å²) in [5.74, 6) is 0.860. The van der Waals surface area contributed by atoms with Crippen molar-refractivity contribution in [2.24, 2.45) is 0 Å². The Bertz CT molecular complexity index is 859. The van der Waals surface area contributed by atoms with Gasteiger partial charge in [-0.2, -0.15) is 0 Å². The lowest BCUT2D eigenvalue weighted by Crippen LogP contribution is -2.30. The summed E-state index contributed by atoms with van der Waals surface area (Å²) < 4.78 is 7.40. The van der Waals surface area contributed by atoms with Gasteiger partial charge in [0.15, 0.2) is 0 Å². The largest absolute Gasteiger partial charge is 0.467 e. The molecule has 1 fully saturated rings. The Morgan fingerprint density at radius 3 is 2.78 bits per heavy atom. The van der Waals surface area contributed by atoms with E-state index < -0.39 is 0 Å². The molecule has 0 spiro atoms. The standard InChI is InChI=1S/C19H21N5O2S/c25-17(13-27-19-21-22-23-24(19)15-9-4-5-10-15)20-18(16-11-6-12-26-16)14-7-2-1-3-8-14/h1-3,6-8,11-12,15,18H,4-5,9-10,13H2,(H,20,25). The molecule has 0 aliphatic heterocycles. The fraction of sp³-hybridized carbons (Fsp3) is 0.368. The third kappa shape index (κ3) is 4.21. The van der Waals surface area contributed by atoms with Crippen LogP contribution in [0.2, 0.25) is 0 Å². The van der Waals surface area contributed by atoms with Gasteiger partial charge in [0.2, 0.25) is 11.1 Å². The first-order valence-electron chi connectivity index (χ1n) is 9.09. The Hall–Kier alpha value is -2.61. The molecule has 0 bridgehead atoms. The van der Waals surface area contributed by atoms with Gasteiger partial charge >= 0.3 is 0 Å². The topological polar surface area (TPSA) is 85.8 Å². The lowest BCUT2D eigenvalue weighted by atomic mass is 10.0. The van der Waals surface area contributed by atoms with Crippen LogP contribution >= 0.6 is 11.8 Å². The maximum absolute atomic E-state index is 12.6. The molecule has 1 atom stereocenters. The number of amides is 1. The molecule has 27 heavy (non-hydrogen) atoms. The van der Waals surface area contributed by atoms with Crippen LogP contribution in [0.1, 0.15) is 49.1 Å². The second kappa shape index (κ2) is 8.39. The first-order valence-corrected chi connectivity index (χ1v) is 10.1. The molecule has 1 unspecified atom stereocenters. The molecule has 1 N–H and O–H groups in total. The Balaban J connectivity index is 1.41. The number of carbonyl (C=O) groups excluding carboxylic acids is 1. The van der Waals surface area contributed by atoms with Gasteiger partial charge in [-0.05, 0) is 41.0 Å². The van der Waals surface area contributed by atoms with E-state index in [0.717, 1.165) is 18.4 Å². The quantitative estimate of drug-likeness (QED) is 0.630. The van der Waals surface area contributed by atoms with E-state index in [0.29, 0.717) is 17.0 Å². The van der Waals surface area contributed by atoms with Crippen molar-refractivity contribution in [2.75, 3.05) is 5.75 Å². The third-order valence-corrected chi connectivity index (χ3v) is 5.66. The predicted molar refractivity (Wildman–Crippen MR) is 101 cm³/mol. The molecule has 1 aromatic carbocycles. The van der Waals surface area contributed by atoms with Crippen molar-refractivity contribution < 1.29 is 9.21 Å². The van der Waals surface area contributed by atoms with Gasteiger partial charge in [-0.25, -0.2) is 4.68 Å². The molecule has 1 amide bonds. The molecule has 0 saturated heterocycles. The molecule has 140 valence electrons. The highest BCUT2D eigenvalue weighted by molar-refractivity contribution is 7.99. The summed E-state index contributed by atoms with van der Waals surface area (Å²) in [5, 5.41) is 15.7. The number of nitrogens with one attached hydrogen (secondary N) is 1. The van der Waals surface area contributed by atoms with E-state index in [1.807, 2.05) is 47.1 Å². The van der Waals surface area contributed by atoms with Gasteiger partial charge in [-0.3, -0.25) is 4.79 Å². The van der Waals surface area contributed by atoms with Gasteiger partial charge in [0.05, 0.1) is 18.1 Å². The molecule has 4 rings (SSSR count). The predicted octanol–water partition coefficient (Wildman–Crippen LogP) is 3.38. The van der Waals surface area contributed by atoms with E-state index in [9.17, 15) is 4.79 Å². The monoisotopic (exact) mass is 383 g/mol. The average molecular weight is 383 g/mol. The Labute approximate surface area is 161 Å². The van der Waals surface area contributed by atoms with Crippen molar-refractivity contribution in [1.82, 2.24) is 25.5 Å². The first-order chi connectivity index (χ1) is 13.3. The van der Waals surface area contributed by atoms with Gasteiger partial charge in [-0.1, -0.05) is 54.9 Å². The normalized spacial score (nSPS) is 15.7. The second-order valence-electron chi connectivity index (χ2n) is 6.56. The number of benzene rings is 1. The number of hydrogen-bond acceptors (Lipinski definition) is 6. The molecule has 0 radical (unpaired) electrons. The molecule has 2 aromatic heterocycles. The van der Waals surface area contributed by atoms with Crippen LogP contribution in [-0.4, -0.2) is 31.9 Å². The number of nitrogens with zero attached hydrogens (tertiary/aromatic N) is 4. The summed E-state index contributed by atoms with van der Waals surface area (Å²) >= 11 is 1.37. The zero-order valence-corrected chi connectivity index (χ0v) is 15.6. The first kappa shape index (κ1) is 17.8. The van der Waals surface area contributed by atoms with E-state index in [4.69, 9.17) is 4.42 Å². The SMILES string of the molecule is O=C(CSc1nnnn1C1CCCC1)NC(c1ccccc1)c1ccco1. The second-order valence-corrected chi connectivity index (χ2v) is 7.50. The number of thioether (sulfide) groups is 1. The number of hydrogen-bond donors (Lipinski definition) is 1. The van der Waals surface area contributed by atoms with Crippen molar-refractivity contribution in [3.63, 3.8) is 0 Å². The molecule has 3 aromatic rings. The molecule has 2 heterocycles. The van der Waals surface area contributed by atoms with Crippen LogP contribution in [0, 0.1) is 0 Å². The molecular weight excluding hydrogens is 362 g/mol. The van der Waals surface area contributed by atoms with Crippen LogP contribution in [0.25, 0.3) is 0 Å². The number of carbonyl (C=O) groups is 1. The van der Waals surface area contributed by atoms with Crippen molar-refractivity contribution in [2.45, 2.75) is 42.9 Å². The third-order valence-electron chi connectivity index (χ3n) is 4.73. The highest BCUT2D eigenvalue weighted by Gasteiger charge is 2.23. The number of aromatic nitrogens is 4. The number of rotatable bonds is 7. The van der Waals surface area contributed by atoms with Crippen molar-refractivity contribution >= 4 is 17.7 Å². The van der Waals surface area contributed by atoms with Crippen LogP contribution in [0.15, 0.2) is 58.3 Å². The van der Waals surface area contributed by atoms with Gasteiger partial charge in [-0.15, -0.1) is 5.10 Å². The Kier molecular flexibility index (Phi) is 5.53. The van der Waals surface area contributed by atoms with E-state index in [-0.39, 0.29) is 17.7 Å². The fourth-order valence-electron chi connectivity index (χ4n) is 3.41. The van der Waals surface area contributed by atoms with Gasteiger partial charge in [0.25, 0.3) is 0 Å². The van der Waals surface area contributed by atoms with Gasteiger partial charge in [0.1, 0.15) is 11.8 Å². The Morgan fingerprint density at radius 1 is 1.22 bits per heavy atom. The van der Waals surface area contributed by atoms with Crippen LogP contribution in [0.5, 0.6) is 0 Å². The minimum absolute atomic E-state index is 0.0915. The minimum Gasteiger partial charge on any atom is -0.467 e. The van der Waals surface area contributed by atoms with Crippen LogP contribution < -0.4 is 5.32 Å².